The number of amides is 1. The minimum Gasteiger partial charge on any atom is -0.378 e. The standard InChI is InChI=1S/C20H19F3N4O/c1-26(2)16-8-9-18(17(11-16)20(21,22)23)25-19(28)10-14-12-24-27(13-14)15-6-4-3-5-7-15/h3-9,11-13H,10H2,1-2H3,(H,25,28). The second kappa shape index (κ2) is 7.75. The summed E-state index contributed by atoms with van der Waals surface area (Å²) in [5.74, 6) is -0.546. The molecular formula is C20H19F3N4O. The van der Waals surface area contributed by atoms with E-state index in [2.05, 4.69) is 10.4 Å². The van der Waals surface area contributed by atoms with Crippen molar-refractivity contribution in [2.24, 2.45) is 0 Å². The summed E-state index contributed by atoms with van der Waals surface area (Å²) >= 11 is 0. The van der Waals surface area contributed by atoms with Gasteiger partial charge in [-0.1, -0.05) is 18.2 Å². The van der Waals surface area contributed by atoms with Crippen molar-refractivity contribution in [1.29, 1.82) is 0 Å². The van der Waals surface area contributed by atoms with Gasteiger partial charge in [0.2, 0.25) is 5.91 Å². The van der Waals surface area contributed by atoms with Crippen molar-refractivity contribution in [1.82, 2.24) is 9.78 Å². The van der Waals surface area contributed by atoms with E-state index >= 15 is 0 Å². The second-order valence-corrected chi connectivity index (χ2v) is 6.48. The SMILES string of the molecule is CN(C)c1ccc(NC(=O)Cc2cnn(-c3ccccc3)c2)c(C(F)(F)F)c1. The number of benzene rings is 2. The first-order valence-electron chi connectivity index (χ1n) is 8.51. The molecule has 2 aromatic carbocycles. The normalized spacial score (nSPS) is 11.3. The highest BCUT2D eigenvalue weighted by molar-refractivity contribution is 5.93. The van der Waals surface area contributed by atoms with Gasteiger partial charge in [0.1, 0.15) is 0 Å². The lowest BCUT2D eigenvalue weighted by Crippen LogP contribution is -2.19. The fourth-order valence-electron chi connectivity index (χ4n) is 2.71. The lowest BCUT2D eigenvalue weighted by atomic mass is 10.1. The number of rotatable bonds is 5. The highest BCUT2D eigenvalue weighted by Crippen LogP contribution is 2.37. The number of nitrogens with one attached hydrogen (secondary N) is 1. The molecular weight excluding hydrogens is 369 g/mol. The van der Waals surface area contributed by atoms with E-state index in [-0.39, 0.29) is 12.1 Å². The van der Waals surface area contributed by atoms with Crippen LogP contribution in [0.1, 0.15) is 11.1 Å². The molecule has 0 spiro atoms. The number of anilines is 2. The van der Waals surface area contributed by atoms with Gasteiger partial charge in [-0.3, -0.25) is 4.79 Å². The zero-order valence-electron chi connectivity index (χ0n) is 15.4. The largest absolute Gasteiger partial charge is 0.418 e. The summed E-state index contributed by atoms with van der Waals surface area (Å²) in [4.78, 5) is 13.9. The van der Waals surface area contributed by atoms with Crippen LogP contribution in [0, 0.1) is 0 Å². The van der Waals surface area contributed by atoms with Crippen LogP contribution in [0.5, 0.6) is 0 Å². The van der Waals surface area contributed by atoms with E-state index in [1.807, 2.05) is 30.3 Å². The van der Waals surface area contributed by atoms with Crippen LogP contribution in [0.4, 0.5) is 24.5 Å². The Morgan fingerprint density at radius 2 is 1.86 bits per heavy atom. The van der Waals surface area contributed by atoms with Crippen LogP contribution in [0.15, 0.2) is 60.9 Å². The van der Waals surface area contributed by atoms with Crippen molar-refractivity contribution in [2.75, 3.05) is 24.3 Å². The summed E-state index contributed by atoms with van der Waals surface area (Å²) in [6, 6.07) is 13.1. The predicted molar refractivity (Wildman–Crippen MR) is 102 cm³/mol. The molecule has 0 fully saturated rings. The van der Waals surface area contributed by atoms with Crippen LogP contribution in [0.25, 0.3) is 5.69 Å². The van der Waals surface area contributed by atoms with E-state index in [4.69, 9.17) is 0 Å². The molecule has 0 saturated heterocycles. The van der Waals surface area contributed by atoms with Gasteiger partial charge in [0.05, 0.1) is 29.6 Å². The third-order valence-electron chi connectivity index (χ3n) is 4.12. The van der Waals surface area contributed by atoms with Crippen molar-refractivity contribution < 1.29 is 18.0 Å². The Bertz CT molecular complexity index is 965. The number of hydrogen-bond acceptors (Lipinski definition) is 3. The van der Waals surface area contributed by atoms with Crippen LogP contribution >= 0.6 is 0 Å². The molecule has 3 rings (SSSR count). The highest BCUT2D eigenvalue weighted by atomic mass is 19.4. The van der Waals surface area contributed by atoms with E-state index in [9.17, 15) is 18.0 Å². The summed E-state index contributed by atoms with van der Waals surface area (Å²) in [7, 11) is 3.30. The van der Waals surface area contributed by atoms with Crippen LogP contribution in [0.3, 0.4) is 0 Å². The van der Waals surface area contributed by atoms with E-state index < -0.39 is 17.6 Å². The quantitative estimate of drug-likeness (QED) is 0.715. The lowest BCUT2D eigenvalue weighted by Gasteiger charge is -2.18. The topological polar surface area (TPSA) is 50.2 Å². The maximum Gasteiger partial charge on any atom is 0.418 e. The van der Waals surface area contributed by atoms with E-state index in [0.717, 1.165) is 11.8 Å². The van der Waals surface area contributed by atoms with Crippen molar-refractivity contribution >= 4 is 17.3 Å². The first kappa shape index (κ1) is 19.5. The van der Waals surface area contributed by atoms with E-state index in [1.165, 1.54) is 18.3 Å². The molecule has 1 N–H and O–H groups in total. The molecule has 0 unspecified atom stereocenters. The number of hydrogen-bond donors (Lipinski definition) is 1. The van der Waals surface area contributed by atoms with Crippen LogP contribution in [-0.2, 0) is 17.4 Å². The van der Waals surface area contributed by atoms with Gasteiger partial charge in [0.25, 0.3) is 0 Å². The lowest BCUT2D eigenvalue weighted by molar-refractivity contribution is -0.136. The Balaban J connectivity index is 1.76. The number of aromatic nitrogens is 2. The summed E-state index contributed by atoms with van der Waals surface area (Å²) in [6.45, 7) is 0. The van der Waals surface area contributed by atoms with Gasteiger partial charge in [-0.25, -0.2) is 4.68 Å². The Hall–Kier alpha value is -3.29. The fraction of sp³-hybridized carbons (Fsp3) is 0.200. The van der Waals surface area contributed by atoms with Crippen molar-refractivity contribution in [3.05, 3.63) is 72.1 Å². The predicted octanol–water partition coefficient (Wildman–Crippen LogP) is 4.14. The monoisotopic (exact) mass is 388 g/mol. The molecule has 146 valence electrons. The van der Waals surface area contributed by atoms with Gasteiger partial charge in [0.15, 0.2) is 0 Å². The Kier molecular flexibility index (Phi) is 5.39. The number of carbonyl (C=O) groups is 1. The van der Waals surface area contributed by atoms with Crippen molar-refractivity contribution in [3.8, 4) is 5.69 Å². The number of nitrogens with zero attached hydrogens (tertiary/aromatic N) is 3. The van der Waals surface area contributed by atoms with Crippen molar-refractivity contribution in [2.45, 2.75) is 12.6 Å². The molecule has 28 heavy (non-hydrogen) atoms. The zero-order chi connectivity index (χ0) is 20.3. The zero-order valence-corrected chi connectivity index (χ0v) is 15.4. The van der Waals surface area contributed by atoms with Gasteiger partial charge in [-0.05, 0) is 35.9 Å². The molecule has 0 aliphatic heterocycles. The third-order valence-corrected chi connectivity index (χ3v) is 4.12. The smallest absolute Gasteiger partial charge is 0.378 e. The molecule has 8 heteroatoms. The number of carbonyl (C=O) groups excluding carboxylic acids is 1. The number of para-hydroxylation sites is 1. The average molecular weight is 388 g/mol. The molecule has 0 radical (unpaired) electrons. The highest BCUT2D eigenvalue weighted by Gasteiger charge is 2.34. The first-order valence-corrected chi connectivity index (χ1v) is 8.51. The summed E-state index contributed by atoms with van der Waals surface area (Å²) < 4.78 is 41.7. The molecule has 5 nitrogen and oxygen atoms in total. The fourth-order valence-corrected chi connectivity index (χ4v) is 2.71. The minimum absolute atomic E-state index is 0.0838. The van der Waals surface area contributed by atoms with E-state index in [0.29, 0.717) is 11.3 Å². The van der Waals surface area contributed by atoms with Gasteiger partial charge < -0.3 is 10.2 Å². The molecule has 0 aliphatic carbocycles. The summed E-state index contributed by atoms with van der Waals surface area (Å²) in [6.07, 6.45) is -1.46. The second-order valence-electron chi connectivity index (χ2n) is 6.48. The van der Waals surface area contributed by atoms with Crippen LogP contribution in [0.2, 0.25) is 0 Å². The Morgan fingerprint density at radius 1 is 1.14 bits per heavy atom. The molecule has 0 saturated carbocycles. The van der Waals surface area contributed by atoms with E-state index in [1.54, 1.807) is 29.9 Å². The van der Waals surface area contributed by atoms with Crippen molar-refractivity contribution in [3.63, 3.8) is 0 Å². The molecule has 1 heterocycles. The first-order chi connectivity index (χ1) is 13.2. The Labute approximate surface area is 160 Å². The van der Waals surface area contributed by atoms with Gasteiger partial charge in [-0.15, -0.1) is 0 Å². The van der Waals surface area contributed by atoms with Gasteiger partial charge in [-0.2, -0.15) is 18.3 Å². The summed E-state index contributed by atoms with van der Waals surface area (Å²) in [5, 5.41) is 6.55. The maximum atomic E-state index is 13.4. The van der Waals surface area contributed by atoms with Crippen LogP contribution in [-0.4, -0.2) is 29.8 Å². The van der Waals surface area contributed by atoms with Gasteiger partial charge >= 0.3 is 6.18 Å². The average Bonchev–Trinajstić information content (AvgIpc) is 3.10. The molecule has 3 aromatic rings. The van der Waals surface area contributed by atoms with Crippen LogP contribution < -0.4 is 10.2 Å². The molecule has 0 bridgehead atoms. The minimum atomic E-state index is -4.58. The molecule has 1 aromatic heterocycles. The Morgan fingerprint density at radius 3 is 2.50 bits per heavy atom. The maximum absolute atomic E-state index is 13.4. The molecule has 0 atom stereocenters. The van der Waals surface area contributed by atoms with Gasteiger partial charge in [0, 0.05) is 26.0 Å². The molecule has 0 aliphatic rings. The number of halogens is 3. The summed E-state index contributed by atoms with van der Waals surface area (Å²) in [5.41, 5.74) is 0.674. The third kappa shape index (κ3) is 4.51. The number of alkyl halides is 3. The molecule has 1 amide bonds.